The van der Waals surface area contributed by atoms with Gasteiger partial charge in [-0.1, -0.05) is 46.3 Å². The summed E-state index contributed by atoms with van der Waals surface area (Å²) in [7, 11) is -2.42. The molecule has 0 radical (unpaired) electrons. The van der Waals surface area contributed by atoms with Gasteiger partial charge in [0.1, 0.15) is 10.6 Å². The minimum Gasteiger partial charge on any atom is -0.495 e. The van der Waals surface area contributed by atoms with Gasteiger partial charge < -0.3 is 4.74 Å². The van der Waals surface area contributed by atoms with Crippen LogP contribution in [0.25, 0.3) is 11.4 Å². The molecule has 0 atom stereocenters. The van der Waals surface area contributed by atoms with Gasteiger partial charge in [0.2, 0.25) is 0 Å². The number of hydrogen-bond acceptors (Lipinski definition) is 4. The fraction of sp³-hybridized carbons (Fsp3) is 0.118. The van der Waals surface area contributed by atoms with Gasteiger partial charge in [-0.25, -0.2) is 17.4 Å². The van der Waals surface area contributed by atoms with E-state index in [1.165, 1.54) is 23.3 Å². The molecule has 2 aromatic carbocycles. The van der Waals surface area contributed by atoms with Crippen LogP contribution in [0.1, 0.15) is 5.69 Å². The van der Waals surface area contributed by atoms with E-state index in [-0.39, 0.29) is 10.6 Å². The highest BCUT2D eigenvalue weighted by atomic mass is 79.9. The molecular weight excluding hydrogens is 392 g/mol. The minimum absolute atomic E-state index is 0.0777. The Kier molecular flexibility index (Phi) is 4.47. The molecule has 3 rings (SSSR count). The molecule has 5 nitrogen and oxygen atoms in total. The van der Waals surface area contributed by atoms with Crippen molar-refractivity contribution in [1.82, 2.24) is 8.96 Å². The van der Waals surface area contributed by atoms with Crippen LogP contribution in [0.4, 0.5) is 0 Å². The van der Waals surface area contributed by atoms with E-state index in [1.54, 1.807) is 19.1 Å². The van der Waals surface area contributed by atoms with Gasteiger partial charge >= 0.3 is 0 Å². The van der Waals surface area contributed by atoms with Crippen LogP contribution < -0.4 is 4.74 Å². The third-order valence-corrected chi connectivity index (χ3v) is 5.65. The number of benzene rings is 2. The molecule has 0 unspecified atom stereocenters. The maximum Gasteiger partial charge on any atom is 0.273 e. The van der Waals surface area contributed by atoms with E-state index in [0.717, 1.165) is 5.56 Å². The van der Waals surface area contributed by atoms with Crippen LogP contribution in [-0.4, -0.2) is 24.5 Å². The number of ether oxygens (including phenoxy) is 1. The molecule has 0 saturated heterocycles. The smallest absolute Gasteiger partial charge is 0.273 e. The van der Waals surface area contributed by atoms with E-state index >= 15 is 0 Å². The average Bonchev–Trinajstić information content (AvgIpc) is 2.98. The van der Waals surface area contributed by atoms with Crippen LogP contribution >= 0.6 is 15.9 Å². The number of methoxy groups -OCH3 is 1. The summed E-state index contributed by atoms with van der Waals surface area (Å²) in [6.07, 6.45) is 1.51. The molecule has 124 valence electrons. The van der Waals surface area contributed by atoms with Crippen molar-refractivity contribution in [1.29, 1.82) is 0 Å². The molecule has 0 aliphatic rings. The zero-order chi connectivity index (χ0) is 17.3. The maximum atomic E-state index is 13.2. The summed E-state index contributed by atoms with van der Waals surface area (Å²) in [4.78, 5) is 4.46. The number of rotatable bonds is 4. The zero-order valence-electron chi connectivity index (χ0n) is 13.1. The van der Waals surface area contributed by atoms with Gasteiger partial charge in [-0.15, -0.1) is 0 Å². The number of nitrogens with zero attached hydrogens (tertiary/aromatic N) is 2. The van der Waals surface area contributed by atoms with Crippen molar-refractivity contribution in [2.45, 2.75) is 11.8 Å². The first-order chi connectivity index (χ1) is 11.4. The predicted molar refractivity (Wildman–Crippen MR) is 95.7 cm³/mol. The second-order valence-electron chi connectivity index (χ2n) is 5.17. The van der Waals surface area contributed by atoms with E-state index in [0.29, 0.717) is 16.0 Å². The number of imidazole rings is 1. The number of halogens is 1. The van der Waals surface area contributed by atoms with Gasteiger partial charge in [0.15, 0.2) is 5.82 Å². The van der Waals surface area contributed by atoms with Crippen molar-refractivity contribution >= 4 is 26.0 Å². The normalized spacial score (nSPS) is 11.5. The van der Waals surface area contributed by atoms with Crippen molar-refractivity contribution in [2.75, 3.05) is 7.11 Å². The Morgan fingerprint density at radius 1 is 1.12 bits per heavy atom. The largest absolute Gasteiger partial charge is 0.495 e. The molecule has 0 aliphatic carbocycles. The van der Waals surface area contributed by atoms with E-state index in [2.05, 4.69) is 20.9 Å². The molecule has 0 aliphatic heterocycles. The third-order valence-electron chi connectivity index (χ3n) is 3.49. The summed E-state index contributed by atoms with van der Waals surface area (Å²) >= 11 is 3.31. The monoisotopic (exact) mass is 406 g/mol. The first-order valence-electron chi connectivity index (χ1n) is 7.14. The van der Waals surface area contributed by atoms with E-state index in [1.807, 2.05) is 30.3 Å². The standard InChI is InChI=1S/C17H15BrN2O3S/c1-12-11-20(17(19-12)13-6-4-3-5-7-13)24(21,22)16-10-14(18)8-9-15(16)23-2/h3-11H,1-2H3. The Morgan fingerprint density at radius 2 is 1.83 bits per heavy atom. The molecule has 1 heterocycles. The average molecular weight is 407 g/mol. The first-order valence-corrected chi connectivity index (χ1v) is 9.37. The predicted octanol–water partition coefficient (Wildman–Crippen LogP) is 3.87. The minimum atomic E-state index is -3.86. The van der Waals surface area contributed by atoms with Crippen LogP contribution in [0.15, 0.2) is 64.1 Å². The van der Waals surface area contributed by atoms with E-state index in [4.69, 9.17) is 4.74 Å². The van der Waals surface area contributed by atoms with Crippen LogP contribution in [0.2, 0.25) is 0 Å². The quantitative estimate of drug-likeness (QED) is 0.659. The molecule has 3 aromatic rings. The lowest BCUT2D eigenvalue weighted by molar-refractivity contribution is 0.402. The van der Waals surface area contributed by atoms with Gasteiger partial charge in [-0.3, -0.25) is 0 Å². The Balaban J connectivity index is 2.25. The highest BCUT2D eigenvalue weighted by molar-refractivity contribution is 9.10. The van der Waals surface area contributed by atoms with Crippen molar-refractivity contribution in [2.24, 2.45) is 0 Å². The SMILES string of the molecule is COc1ccc(Br)cc1S(=O)(=O)n1cc(C)nc1-c1ccccc1. The Bertz CT molecular complexity index is 982. The Hall–Kier alpha value is -2.12. The van der Waals surface area contributed by atoms with Gasteiger partial charge in [-0.05, 0) is 25.1 Å². The van der Waals surface area contributed by atoms with Gasteiger partial charge in [0.25, 0.3) is 10.0 Å². The molecule has 0 fully saturated rings. The molecular formula is C17H15BrN2O3S. The first kappa shape index (κ1) is 16.7. The number of hydrogen-bond donors (Lipinski definition) is 0. The van der Waals surface area contributed by atoms with Crippen molar-refractivity contribution < 1.29 is 13.2 Å². The molecule has 0 N–H and O–H groups in total. The number of aryl methyl sites for hydroxylation is 1. The van der Waals surface area contributed by atoms with Crippen LogP contribution in [0.5, 0.6) is 5.75 Å². The topological polar surface area (TPSA) is 61.2 Å². The zero-order valence-corrected chi connectivity index (χ0v) is 15.5. The number of aromatic nitrogens is 2. The molecule has 0 spiro atoms. The van der Waals surface area contributed by atoms with Crippen LogP contribution in [0.3, 0.4) is 0 Å². The Morgan fingerprint density at radius 3 is 2.50 bits per heavy atom. The summed E-state index contributed by atoms with van der Waals surface area (Å²) in [5.74, 6) is 0.652. The summed E-state index contributed by atoms with van der Waals surface area (Å²) in [5.41, 5.74) is 1.34. The summed E-state index contributed by atoms with van der Waals surface area (Å²) in [6.45, 7) is 1.76. The second kappa shape index (κ2) is 6.41. The summed E-state index contributed by atoms with van der Waals surface area (Å²) < 4.78 is 33.5. The highest BCUT2D eigenvalue weighted by Gasteiger charge is 2.26. The molecule has 24 heavy (non-hydrogen) atoms. The van der Waals surface area contributed by atoms with Gasteiger partial charge in [0, 0.05) is 16.2 Å². The van der Waals surface area contributed by atoms with Crippen molar-refractivity contribution in [3.05, 3.63) is 64.9 Å². The lowest BCUT2D eigenvalue weighted by Crippen LogP contribution is -2.14. The van der Waals surface area contributed by atoms with Gasteiger partial charge in [-0.2, -0.15) is 0 Å². The lowest BCUT2D eigenvalue weighted by Gasteiger charge is -2.13. The molecule has 0 amide bonds. The van der Waals surface area contributed by atoms with Crippen LogP contribution in [-0.2, 0) is 10.0 Å². The molecule has 7 heteroatoms. The summed E-state index contributed by atoms with van der Waals surface area (Å²) in [5, 5.41) is 0. The van der Waals surface area contributed by atoms with Crippen molar-refractivity contribution in [3.63, 3.8) is 0 Å². The summed E-state index contributed by atoms with van der Waals surface area (Å²) in [6, 6.07) is 14.1. The fourth-order valence-corrected chi connectivity index (χ4v) is 4.47. The van der Waals surface area contributed by atoms with Gasteiger partial charge in [0.05, 0.1) is 12.8 Å². The lowest BCUT2D eigenvalue weighted by atomic mass is 10.2. The van der Waals surface area contributed by atoms with E-state index < -0.39 is 10.0 Å². The fourth-order valence-electron chi connectivity index (χ4n) is 2.40. The second-order valence-corrected chi connectivity index (χ2v) is 7.87. The molecule has 0 saturated carbocycles. The third kappa shape index (κ3) is 2.97. The van der Waals surface area contributed by atoms with Crippen molar-refractivity contribution in [3.8, 4) is 17.1 Å². The van der Waals surface area contributed by atoms with Crippen LogP contribution in [0, 0.1) is 6.92 Å². The highest BCUT2D eigenvalue weighted by Crippen LogP contribution is 2.31. The maximum absolute atomic E-state index is 13.2. The molecule has 1 aromatic heterocycles. The molecule has 0 bridgehead atoms. The Labute approximate surface area is 149 Å². The van der Waals surface area contributed by atoms with E-state index in [9.17, 15) is 8.42 Å².